The Morgan fingerprint density at radius 2 is 2.04 bits per heavy atom. The Labute approximate surface area is 157 Å². The molecule has 1 fully saturated rings. The number of piperazine rings is 1. The third kappa shape index (κ3) is 5.07. The van der Waals surface area contributed by atoms with Crippen molar-refractivity contribution in [2.75, 3.05) is 39.5 Å². The summed E-state index contributed by atoms with van der Waals surface area (Å²) in [5.41, 5.74) is -1.41. The summed E-state index contributed by atoms with van der Waals surface area (Å²) < 4.78 is 29.7. The first-order chi connectivity index (χ1) is 12.5. The first kappa shape index (κ1) is 20.9. The van der Waals surface area contributed by atoms with Crippen molar-refractivity contribution in [1.29, 1.82) is 0 Å². The largest absolute Gasteiger partial charge is 0.469 e. The van der Waals surface area contributed by atoms with E-state index in [2.05, 4.69) is 10.6 Å². The van der Waals surface area contributed by atoms with E-state index in [1.807, 2.05) is 0 Å². The predicted molar refractivity (Wildman–Crippen MR) is 96.0 cm³/mol. The van der Waals surface area contributed by atoms with Gasteiger partial charge < -0.3 is 20.0 Å². The Morgan fingerprint density at radius 1 is 1.33 bits per heavy atom. The van der Waals surface area contributed by atoms with Gasteiger partial charge in [0, 0.05) is 26.6 Å². The van der Waals surface area contributed by atoms with Gasteiger partial charge in [0.1, 0.15) is 11.3 Å². The van der Waals surface area contributed by atoms with Crippen molar-refractivity contribution in [1.82, 2.24) is 19.8 Å². The third-order valence-electron chi connectivity index (χ3n) is 4.55. The maximum absolute atomic E-state index is 12.6. The molecule has 1 aliphatic heterocycles. The number of hydrogen-bond acceptors (Lipinski definition) is 6. The number of likely N-dealkylation sites (N-methyl/N-ethyl adjacent to an activating group) is 1. The standard InChI is InChI=1S/C16H24N4O6S/c1-16(11-20(27(3,24)25)10-14(22)19(16)2)15(23)18-9-13(21)17-7-6-12-5-4-8-26-12/h4-5,8H,6-7,9-11H2,1-3H3,(H,17,21)(H,18,23). The summed E-state index contributed by atoms with van der Waals surface area (Å²) in [6.45, 7) is 1.03. The molecule has 1 aromatic heterocycles. The van der Waals surface area contributed by atoms with E-state index >= 15 is 0 Å². The minimum atomic E-state index is -3.63. The summed E-state index contributed by atoms with van der Waals surface area (Å²) in [6.07, 6.45) is 3.04. The van der Waals surface area contributed by atoms with Crippen LogP contribution in [0.25, 0.3) is 0 Å². The molecule has 0 saturated carbocycles. The van der Waals surface area contributed by atoms with E-state index in [1.54, 1.807) is 18.4 Å². The summed E-state index contributed by atoms with van der Waals surface area (Å²) in [4.78, 5) is 37.8. The van der Waals surface area contributed by atoms with Crippen LogP contribution in [0, 0.1) is 0 Å². The van der Waals surface area contributed by atoms with E-state index in [1.165, 1.54) is 18.9 Å². The number of nitrogens with zero attached hydrogens (tertiary/aromatic N) is 2. The highest BCUT2D eigenvalue weighted by molar-refractivity contribution is 7.88. The van der Waals surface area contributed by atoms with Crippen molar-refractivity contribution in [2.45, 2.75) is 18.9 Å². The van der Waals surface area contributed by atoms with E-state index in [0.29, 0.717) is 13.0 Å². The molecule has 0 aromatic carbocycles. The van der Waals surface area contributed by atoms with Crippen molar-refractivity contribution in [3.05, 3.63) is 24.2 Å². The van der Waals surface area contributed by atoms with E-state index < -0.39 is 33.3 Å². The van der Waals surface area contributed by atoms with E-state index in [9.17, 15) is 22.8 Å². The number of hydrogen-bond donors (Lipinski definition) is 2. The van der Waals surface area contributed by atoms with Gasteiger partial charge in [0.25, 0.3) is 0 Å². The van der Waals surface area contributed by atoms with Crippen molar-refractivity contribution < 1.29 is 27.2 Å². The summed E-state index contributed by atoms with van der Waals surface area (Å²) in [5, 5.41) is 5.11. The van der Waals surface area contributed by atoms with Gasteiger partial charge in [-0.1, -0.05) is 0 Å². The van der Waals surface area contributed by atoms with Crippen LogP contribution in [0.5, 0.6) is 0 Å². The monoisotopic (exact) mass is 400 g/mol. The fourth-order valence-electron chi connectivity index (χ4n) is 2.69. The van der Waals surface area contributed by atoms with Crippen LogP contribution in [-0.2, 0) is 30.8 Å². The van der Waals surface area contributed by atoms with E-state index in [4.69, 9.17) is 4.42 Å². The molecule has 0 bridgehead atoms. The Balaban J connectivity index is 1.90. The molecule has 0 radical (unpaired) electrons. The second kappa shape index (κ2) is 8.09. The molecule has 27 heavy (non-hydrogen) atoms. The minimum absolute atomic E-state index is 0.181. The molecule has 3 amide bonds. The maximum atomic E-state index is 12.6. The molecule has 1 unspecified atom stereocenters. The van der Waals surface area contributed by atoms with Crippen molar-refractivity contribution in [2.24, 2.45) is 0 Å². The lowest BCUT2D eigenvalue weighted by Gasteiger charge is -2.44. The maximum Gasteiger partial charge on any atom is 0.247 e. The topological polar surface area (TPSA) is 129 Å². The SMILES string of the molecule is CN1C(=O)CN(S(C)(=O)=O)CC1(C)C(=O)NCC(=O)NCCc1ccco1. The normalized spacial score (nSPS) is 21.1. The van der Waals surface area contributed by atoms with Gasteiger partial charge in [0.2, 0.25) is 27.7 Å². The first-order valence-electron chi connectivity index (χ1n) is 8.33. The average Bonchev–Trinajstić information content (AvgIpc) is 3.09. The Morgan fingerprint density at radius 3 is 2.63 bits per heavy atom. The molecule has 1 saturated heterocycles. The summed E-state index contributed by atoms with van der Waals surface area (Å²) >= 11 is 0. The molecule has 10 nitrogen and oxygen atoms in total. The van der Waals surface area contributed by atoms with Gasteiger partial charge in [-0.15, -0.1) is 0 Å². The van der Waals surface area contributed by atoms with Gasteiger partial charge in [-0.3, -0.25) is 14.4 Å². The van der Waals surface area contributed by atoms with Gasteiger partial charge >= 0.3 is 0 Å². The smallest absolute Gasteiger partial charge is 0.247 e. The van der Waals surface area contributed by atoms with Gasteiger partial charge in [-0.25, -0.2) is 8.42 Å². The Kier molecular flexibility index (Phi) is 6.26. The number of rotatable bonds is 7. The molecule has 11 heteroatoms. The van der Waals surface area contributed by atoms with Crippen LogP contribution >= 0.6 is 0 Å². The molecule has 0 spiro atoms. The van der Waals surface area contributed by atoms with Crippen LogP contribution < -0.4 is 10.6 Å². The van der Waals surface area contributed by atoms with Crippen LogP contribution in [-0.4, -0.2) is 80.4 Å². The third-order valence-corrected chi connectivity index (χ3v) is 5.75. The molecule has 1 aromatic rings. The number of amides is 3. The van der Waals surface area contributed by atoms with Crippen LogP contribution in [0.15, 0.2) is 22.8 Å². The molecular formula is C16H24N4O6S. The van der Waals surface area contributed by atoms with Gasteiger partial charge in [0.05, 0.1) is 25.6 Å². The highest BCUT2D eigenvalue weighted by atomic mass is 32.2. The Bertz CT molecular complexity index is 807. The zero-order chi connectivity index (χ0) is 20.2. The lowest BCUT2D eigenvalue weighted by atomic mass is 9.96. The minimum Gasteiger partial charge on any atom is -0.469 e. The summed E-state index contributed by atoms with van der Waals surface area (Å²) in [7, 11) is -2.20. The van der Waals surface area contributed by atoms with Gasteiger partial charge in [-0.05, 0) is 19.1 Å². The van der Waals surface area contributed by atoms with Crippen LogP contribution in [0.4, 0.5) is 0 Å². The van der Waals surface area contributed by atoms with Gasteiger partial charge in [0.15, 0.2) is 0 Å². The second-order valence-corrected chi connectivity index (χ2v) is 8.60. The van der Waals surface area contributed by atoms with E-state index in [0.717, 1.165) is 16.3 Å². The zero-order valence-corrected chi connectivity index (χ0v) is 16.3. The second-order valence-electron chi connectivity index (χ2n) is 6.62. The quantitative estimate of drug-likeness (QED) is 0.576. The number of carbonyl (C=O) groups excluding carboxylic acids is 3. The molecule has 2 rings (SSSR count). The Hall–Kier alpha value is -2.40. The molecule has 2 N–H and O–H groups in total. The number of nitrogens with one attached hydrogen (secondary N) is 2. The molecule has 0 aliphatic carbocycles. The molecule has 1 atom stereocenters. The lowest BCUT2D eigenvalue weighted by molar-refractivity contribution is -0.150. The van der Waals surface area contributed by atoms with Crippen LogP contribution in [0.3, 0.4) is 0 Å². The molecular weight excluding hydrogens is 376 g/mol. The fraction of sp³-hybridized carbons (Fsp3) is 0.562. The lowest BCUT2D eigenvalue weighted by Crippen LogP contribution is -2.68. The highest BCUT2D eigenvalue weighted by Crippen LogP contribution is 2.22. The number of carbonyl (C=O) groups is 3. The average molecular weight is 400 g/mol. The van der Waals surface area contributed by atoms with Crippen molar-refractivity contribution >= 4 is 27.7 Å². The highest BCUT2D eigenvalue weighted by Gasteiger charge is 2.47. The van der Waals surface area contributed by atoms with Crippen LogP contribution in [0.1, 0.15) is 12.7 Å². The summed E-state index contributed by atoms with van der Waals surface area (Å²) in [5.74, 6) is -0.765. The van der Waals surface area contributed by atoms with Crippen molar-refractivity contribution in [3.8, 4) is 0 Å². The van der Waals surface area contributed by atoms with E-state index in [-0.39, 0.29) is 19.6 Å². The predicted octanol–water partition coefficient (Wildman–Crippen LogP) is -1.45. The molecule has 150 valence electrons. The summed E-state index contributed by atoms with van der Waals surface area (Å²) in [6, 6.07) is 3.54. The molecule has 1 aliphatic rings. The van der Waals surface area contributed by atoms with Crippen molar-refractivity contribution in [3.63, 3.8) is 0 Å². The first-order valence-corrected chi connectivity index (χ1v) is 10.2. The fourth-order valence-corrected chi connectivity index (χ4v) is 3.52. The number of furan rings is 1. The number of sulfonamides is 1. The molecule has 2 heterocycles. The van der Waals surface area contributed by atoms with Crippen LogP contribution in [0.2, 0.25) is 0 Å². The zero-order valence-electron chi connectivity index (χ0n) is 15.5. The van der Waals surface area contributed by atoms with Gasteiger partial charge in [-0.2, -0.15) is 4.31 Å².